The molecule has 9 aromatic heterocycles. The molecular weight excluding hydrogens is 1740 g/mol. The number of rotatable bonds is 13. The van der Waals surface area contributed by atoms with Crippen molar-refractivity contribution in [2.75, 3.05) is 0 Å². The molecule has 22 aromatic rings. The molecule has 0 N–H and O–H groups in total. The summed E-state index contributed by atoms with van der Waals surface area (Å²) >= 11 is 0. The first-order valence-electron chi connectivity index (χ1n) is 47.8. The molecule has 0 saturated carbocycles. The first-order valence-corrected chi connectivity index (χ1v) is 47.8. The highest BCUT2D eigenvalue weighted by molar-refractivity contribution is 6.14. The van der Waals surface area contributed by atoms with Gasteiger partial charge in [-0.1, -0.05) is 150 Å². The Morgan fingerprint density at radius 1 is 0.149 bits per heavy atom. The number of para-hydroxylation sites is 2. The predicted molar refractivity (Wildman–Crippen MR) is 571 cm³/mol. The zero-order chi connectivity index (χ0) is 98.7. The zero-order valence-electron chi connectivity index (χ0n) is 84.3. The number of aryl methyl sites for hydroxylation is 24. The summed E-state index contributed by atoms with van der Waals surface area (Å²) < 4.78 is 7.05. The van der Waals surface area contributed by atoms with Crippen LogP contribution in [0.3, 0.4) is 0 Å². The molecule has 0 saturated heterocycles. The van der Waals surface area contributed by atoms with Crippen LogP contribution in [0.25, 0.3) is 195 Å². The van der Waals surface area contributed by atoms with Crippen molar-refractivity contribution >= 4 is 65.4 Å². The quantitative estimate of drug-likeness (QED) is 0.104. The number of hydrogen-bond donors (Lipinski definition) is 0. The fourth-order valence-electron chi connectivity index (χ4n) is 21.5. The summed E-state index contributed by atoms with van der Waals surface area (Å²) in [5.41, 5.74) is 40.0. The van der Waals surface area contributed by atoms with Gasteiger partial charge in [0.15, 0.2) is 34.9 Å². The third-order valence-corrected chi connectivity index (χ3v) is 26.3. The summed E-state index contributed by atoms with van der Waals surface area (Å²) in [5.74, 6) is 11.8. The third kappa shape index (κ3) is 17.7. The lowest BCUT2D eigenvalue weighted by atomic mass is 9.92. The maximum Gasteiger partial charge on any atom is 0.165 e. The van der Waals surface area contributed by atoms with Gasteiger partial charge in [0, 0.05) is 65.7 Å². The molecule has 694 valence electrons. The van der Waals surface area contributed by atoms with Crippen LogP contribution in [0.2, 0.25) is 0 Å². The van der Waals surface area contributed by atoms with Gasteiger partial charge in [-0.05, 0) is 352 Å². The lowest BCUT2D eigenvalue weighted by Gasteiger charge is -2.17. The lowest BCUT2D eigenvalue weighted by molar-refractivity contribution is 0.923. The van der Waals surface area contributed by atoms with Crippen LogP contribution in [0, 0.1) is 166 Å². The maximum atomic E-state index is 4.91. The fraction of sp³-hybridized carbons (Fsp3) is 0.200. The molecule has 0 radical (unpaired) electrons. The topological polar surface area (TPSA) is 247 Å². The molecule has 0 aliphatic heterocycles. The average Bonchev–Trinajstić information content (AvgIpc) is 1.58. The molecular formula is C120H109N21. The van der Waals surface area contributed by atoms with E-state index in [9.17, 15) is 0 Å². The summed E-state index contributed by atoms with van der Waals surface area (Å²) in [6.45, 7) is 49.0. The van der Waals surface area contributed by atoms with E-state index in [1.807, 2.05) is 83.1 Å². The molecule has 9 heterocycles. The summed E-state index contributed by atoms with van der Waals surface area (Å²) in [6, 6.07) is 81.7. The van der Waals surface area contributed by atoms with E-state index in [0.717, 1.165) is 83.5 Å². The van der Waals surface area contributed by atoms with Crippen molar-refractivity contribution in [3.63, 3.8) is 0 Å². The van der Waals surface area contributed by atoms with Gasteiger partial charge < -0.3 is 13.7 Å². The Balaban J connectivity index is 0.000000130. The molecule has 0 amide bonds. The molecule has 0 aliphatic rings. The van der Waals surface area contributed by atoms with E-state index >= 15 is 0 Å². The Labute approximate surface area is 820 Å². The molecule has 13 aromatic carbocycles. The number of hydrogen-bond acceptors (Lipinski definition) is 18. The normalized spacial score (nSPS) is 11.5. The highest BCUT2D eigenvalue weighted by Gasteiger charge is 2.28. The van der Waals surface area contributed by atoms with Crippen molar-refractivity contribution in [3.8, 4) is 130 Å². The second-order valence-corrected chi connectivity index (χ2v) is 37.8. The second kappa shape index (κ2) is 36.7. The molecule has 0 unspecified atom stereocenters. The van der Waals surface area contributed by atoms with Gasteiger partial charge in [-0.25, -0.2) is 89.7 Å². The smallest absolute Gasteiger partial charge is 0.165 e. The van der Waals surface area contributed by atoms with Crippen LogP contribution in [-0.2, 0) is 0 Å². The molecule has 0 aliphatic carbocycles. The van der Waals surface area contributed by atoms with Gasteiger partial charge in [0.1, 0.15) is 69.9 Å². The highest BCUT2D eigenvalue weighted by atomic mass is 15.1. The molecule has 21 nitrogen and oxygen atoms in total. The highest BCUT2D eigenvalue weighted by Crippen LogP contribution is 2.47. The minimum Gasteiger partial charge on any atom is -0.309 e. The molecule has 141 heavy (non-hydrogen) atoms. The standard InChI is InChI=1S/C46H43N7.2C37H33N7/c1-24-17-26(3)43(27(4)18-24)34-11-14-37-38-15-12-35(44-28(5)19-25(2)20-29(44)6)23-42(38)53(41(37)22-34)40-16-13-36(45-49-30(7)47-31(8)50-45)21-39(40)46-51-32(9)48-33(10)52-46;1-20-16-21(2)35(22(3)17-20)27-12-14-30-29-10-8-9-11-32(29)44(34(30)19-27)33-15-13-28(36-40-23(4)38-24(5)41-36)18-31(33)37-42-25(6)39-26(7)43-37;1-20-16-21(2)35(22(3)17-20)27-12-14-33-30(18-27)29-10-8-9-11-32(29)44(33)34-15-13-28(36-40-23(4)38-24(5)41-36)19-31(34)37-42-25(6)39-26(7)43-37/h11-23H,1-10H3;2*8-19H,1-7H3. The van der Waals surface area contributed by atoms with Crippen LogP contribution in [-0.4, -0.2) is 103 Å². The van der Waals surface area contributed by atoms with Gasteiger partial charge in [0.05, 0.1) is 50.2 Å². The molecule has 0 spiro atoms. The Bertz CT molecular complexity index is 8600. The molecule has 0 atom stereocenters. The Hall–Kier alpha value is -16.7. The summed E-state index contributed by atoms with van der Waals surface area (Å²) in [6.07, 6.45) is 0. The van der Waals surface area contributed by atoms with Crippen LogP contribution in [0.1, 0.15) is 137 Å². The molecule has 0 fully saturated rings. The average molecular weight is 1850 g/mol. The van der Waals surface area contributed by atoms with Gasteiger partial charge in [0.25, 0.3) is 0 Å². The van der Waals surface area contributed by atoms with Crippen molar-refractivity contribution in [1.82, 2.24) is 103 Å². The van der Waals surface area contributed by atoms with Gasteiger partial charge in [-0.3, -0.25) is 0 Å². The van der Waals surface area contributed by atoms with Crippen molar-refractivity contribution in [1.29, 1.82) is 0 Å². The molecule has 22 rings (SSSR count). The number of fused-ring (bicyclic) bond motifs is 9. The van der Waals surface area contributed by atoms with E-state index in [1.165, 1.54) is 144 Å². The van der Waals surface area contributed by atoms with Crippen LogP contribution in [0.5, 0.6) is 0 Å². The van der Waals surface area contributed by atoms with E-state index in [2.05, 4.69) is 371 Å². The first-order chi connectivity index (χ1) is 67.6. The third-order valence-electron chi connectivity index (χ3n) is 26.3. The largest absolute Gasteiger partial charge is 0.309 e. The van der Waals surface area contributed by atoms with Crippen molar-refractivity contribution in [2.24, 2.45) is 0 Å². The minimum absolute atomic E-state index is 0.604. The van der Waals surface area contributed by atoms with Crippen LogP contribution < -0.4 is 0 Å². The summed E-state index contributed by atoms with van der Waals surface area (Å²) in [5, 5.41) is 7.11. The van der Waals surface area contributed by atoms with Crippen molar-refractivity contribution in [3.05, 3.63) is 361 Å². The van der Waals surface area contributed by atoms with Crippen molar-refractivity contribution < 1.29 is 0 Å². The Kier molecular flexibility index (Phi) is 23.9. The monoisotopic (exact) mass is 1840 g/mol. The summed E-state index contributed by atoms with van der Waals surface area (Å²) in [4.78, 5) is 83.7. The van der Waals surface area contributed by atoms with Gasteiger partial charge in [-0.2, -0.15) is 0 Å². The van der Waals surface area contributed by atoms with Gasteiger partial charge in [0.2, 0.25) is 0 Å². The van der Waals surface area contributed by atoms with E-state index in [1.54, 1.807) is 0 Å². The summed E-state index contributed by atoms with van der Waals surface area (Å²) in [7, 11) is 0. The SMILES string of the molecule is Cc1cc(C)c(-c2ccc3c(c2)c2ccccc2n3-c2ccc(-c3nc(C)nc(C)n3)cc2-c2nc(C)nc(C)n2)c(C)c1.Cc1cc(C)c(-c2ccc3c4ccc(-c5c(C)cc(C)cc5C)cc4n(-c4ccc(-c5nc(C)nc(C)n5)cc4-c4nc(C)nc(C)n4)c3c2)c(C)c1.Cc1cc(C)c(-c2ccc3c4ccccc4n(-c4ccc(-c5nc(C)nc(C)n5)cc4-c4nc(C)nc(C)n4)c3c2)c(C)c1. The van der Waals surface area contributed by atoms with Crippen LogP contribution in [0.15, 0.2) is 224 Å². The van der Waals surface area contributed by atoms with Gasteiger partial charge >= 0.3 is 0 Å². The molecule has 0 bridgehead atoms. The van der Waals surface area contributed by atoms with Crippen molar-refractivity contribution in [2.45, 2.75) is 166 Å². The van der Waals surface area contributed by atoms with E-state index in [0.29, 0.717) is 105 Å². The Morgan fingerprint density at radius 2 is 0.348 bits per heavy atom. The Morgan fingerprint density at radius 3 is 0.617 bits per heavy atom. The van der Waals surface area contributed by atoms with E-state index < -0.39 is 0 Å². The zero-order valence-corrected chi connectivity index (χ0v) is 84.3. The first kappa shape index (κ1) is 92.0. The van der Waals surface area contributed by atoms with Gasteiger partial charge in [-0.15, -0.1) is 0 Å². The lowest BCUT2D eigenvalue weighted by Crippen LogP contribution is -2.05. The number of benzene rings is 13. The number of aromatic nitrogens is 21. The van der Waals surface area contributed by atoms with E-state index in [4.69, 9.17) is 39.9 Å². The minimum atomic E-state index is 0.604. The maximum absolute atomic E-state index is 4.91. The molecule has 21 heteroatoms. The second-order valence-electron chi connectivity index (χ2n) is 37.8. The predicted octanol–water partition coefficient (Wildman–Crippen LogP) is 27.5. The van der Waals surface area contributed by atoms with Crippen LogP contribution in [0.4, 0.5) is 0 Å². The van der Waals surface area contributed by atoms with Crippen LogP contribution >= 0.6 is 0 Å². The number of nitrogens with zero attached hydrogens (tertiary/aromatic N) is 21. The fourth-order valence-corrected chi connectivity index (χ4v) is 21.5. The van der Waals surface area contributed by atoms with E-state index in [-0.39, 0.29) is 0 Å².